The monoisotopic (exact) mass is 887 g/mol. The number of cyclic esters (lactones) is 1. The molecule has 0 spiro atoms. The van der Waals surface area contributed by atoms with Gasteiger partial charge in [0.15, 0.2) is 5.78 Å². The number of amides is 1. The van der Waals surface area contributed by atoms with E-state index in [1.807, 2.05) is 51.2 Å². The van der Waals surface area contributed by atoms with Crippen LogP contribution in [0.25, 0.3) is 0 Å². The topological polar surface area (TPSA) is 215 Å². The molecule has 3 heterocycles. The molecule has 1 saturated carbocycles. The lowest BCUT2D eigenvalue weighted by Gasteiger charge is -2.42. The third-order valence-corrected chi connectivity index (χ3v) is 14.0. The van der Waals surface area contributed by atoms with E-state index in [0.717, 1.165) is 12.0 Å². The summed E-state index contributed by atoms with van der Waals surface area (Å²) in [5.41, 5.74) is 8.20. The number of ether oxygens (including phenoxy) is 4. The second kappa shape index (κ2) is 24.4. The van der Waals surface area contributed by atoms with Gasteiger partial charge in [-0.3, -0.25) is 14.4 Å². The molecular weight excluding hydrogens is 809 g/mol. The number of hydrogen-bond donors (Lipinski definition) is 5. The quantitative estimate of drug-likeness (QED) is 0.139. The van der Waals surface area contributed by atoms with Gasteiger partial charge >= 0.3 is 5.97 Å². The van der Waals surface area contributed by atoms with Gasteiger partial charge in [-0.15, -0.1) is 0 Å². The first-order valence-corrected chi connectivity index (χ1v) is 23.4. The summed E-state index contributed by atoms with van der Waals surface area (Å²) in [6.45, 7) is 11.0. The molecule has 2 saturated heterocycles. The fourth-order valence-corrected chi connectivity index (χ4v) is 9.84. The maximum absolute atomic E-state index is 14.3. The van der Waals surface area contributed by atoms with Crippen LogP contribution in [0.5, 0.6) is 0 Å². The number of carbonyl (C=O) groups is 4. The number of allylic oxidation sites excluding steroid dienone is 6. The van der Waals surface area contributed by atoms with Crippen LogP contribution >= 0.6 is 0 Å². The summed E-state index contributed by atoms with van der Waals surface area (Å²) in [6.07, 6.45) is 11.9. The van der Waals surface area contributed by atoms with E-state index in [-0.39, 0.29) is 36.8 Å². The summed E-state index contributed by atoms with van der Waals surface area (Å²) in [7, 11) is 3.14. The third-order valence-electron chi connectivity index (χ3n) is 14.0. The number of esters is 1. The van der Waals surface area contributed by atoms with Gasteiger partial charge in [-0.2, -0.15) is 0 Å². The zero-order valence-corrected chi connectivity index (χ0v) is 39.0. The highest BCUT2D eigenvalue weighted by Crippen LogP contribution is 2.37. The Labute approximate surface area is 375 Å². The standard InChI is InChI=1S/C49H78N2O12/c1-29-14-10-9-11-15-31(3)41(60-7)28-36-20-18-34(6)49(59,63-36)46(56)47(57)51-23-13-12-16-38(51)48(58)62-40(37(50)26-35-19-21-39(52)42(27-35)61-8)22-17-30(2)25-33(5)44(54)45(55)43(53)32(4)24-29/h9-11,14-15,25,29-30,32,34-42,44-45,52,54-55,59H,12-13,16-24,26-28,50H2,1-8H3/b11-9+,14-10+,31-15+,33-25+/t29-,30+,32-,34-,35+,36+,37-,38+,39-,40+,41+,42-,44-,45+,49-/m1/s1. The van der Waals surface area contributed by atoms with Crippen LogP contribution < -0.4 is 5.73 Å². The van der Waals surface area contributed by atoms with Crippen molar-refractivity contribution >= 4 is 23.4 Å². The Morgan fingerprint density at radius 2 is 1.56 bits per heavy atom. The fourth-order valence-electron chi connectivity index (χ4n) is 9.84. The maximum Gasteiger partial charge on any atom is 0.329 e. The molecule has 3 fully saturated rings. The van der Waals surface area contributed by atoms with Crippen molar-refractivity contribution in [2.75, 3.05) is 20.8 Å². The Balaban J connectivity index is 1.66. The van der Waals surface area contributed by atoms with E-state index in [0.29, 0.717) is 76.2 Å². The summed E-state index contributed by atoms with van der Waals surface area (Å²) in [6, 6.07) is -1.71. The molecule has 356 valence electrons. The number of aliphatic hydroxyl groups is 4. The van der Waals surface area contributed by atoms with Gasteiger partial charge < -0.3 is 50.0 Å². The second-order valence-electron chi connectivity index (χ2n) is 19.2. The van der Waals surface area contributed by atoms with Crippen molar-refractivity contribution in [1.29, 1.82) is 0 Å². The van der Waals surface area contributed by atoms with Gasteiger partial charge in [-0.05, 0) is 120 Å². The van der Waals surface area contributed by atoms with Gasteiger partial charge in [0.25, 0.3) is 11.7 Å². The number of nitrogens with zero attached hydrogens (tertiary/aromatic N) is 1. The highest BCUT2D eigenvalue weighted by molar-refractivity contribution is 6.39. The third kappa shape index (κ3) is 14.2. The SMILES string of the molecule is CO[C@H]1C[C@@H]2CC[C@@H](C)[C@@](O)(O2)C(=O)C(=O)N2CCCC[C@H]2C(=O)O[C@H]([C@H](N)C[C@@H]2CC[C@@H](O)[C@H](OC)C2)CC[C@H](C)/C=C(\C)[C@@H](O)[C@@H](O)C(=O)[C@H](C)C[C@H](C)/C=C/C=C/C=C/1C. The Morgan fingerprint density at radius 3 is 2.25 bits per heavy atom. The van der Waals surface area contributed by atoms with Crippen LogP contribution in [0.2, 0.25) is 0 Å². The minimum atomic E-state index is -2.41. The second-order valence-corrected chi connectivity index (χ2v) is 19.2. The smallest absolute Gasteiger partial charge is 0.329 e. The Morgan fingerprint density at radius 1 is 0.825 bits per heavy atom. The minimum Gasteiger partial charge on any atom is -0.459 e. The predicted molar refractivity (Wildman–Crippen MR) is 239 cm³/mol. The molecule has 15 atom stereocenters. The van der Waals surface area contributed by atoms with E-state index in [9.17, 15) is 39.6 Å². The summed E-state index contributed by atoms with van der Waals surface area (Å²) in [5, 5.41) is 44.4. The van der Waals surface area contributed by atoms with Crippen molar-refractivity contribution in [3.05, 3.63) is 47.6 Å². The van der Waals surface area contributed by atoms with Crippen molar-refractivity contribution in [3.8, 4) is 0 Å². The number of nitrogens with two attached hydrogens (primary N) is 1. The van der Waals surface area contributed by atoms with E-state index in [2.05, 4.69) is 0 Å². The Hall–Kier alpha value is -3.08. The van der Waals surface area contributed by atoms with Crippen LogP contribution in [0.3, 0.4) is 0 Å². The lowest BCUT2D eigenvalue weighted by Crippen LogP contribution is -2.61. The molecule has 63 heavy (non-hydrogen) atoms. The molecule has 4 aliphatic rings. The van der Waals surface area contributed by atoms with E-state index < -0.39 is 89.8 Å². The first-order valence-electron chi connectivity index (χ1n) is 23.4. The summed E-state index contributed by atoms with van der Waals surface area (Å²) < 4.78 is 23.7. The molecule has 6 N–H and O–H groups in total. The molecule has 3 aliphatic heterocycles. The normalized spacial score (nSPS) is 41.3. The molecule has 14 nitrogen and oxygen atoms in total. The minimum absolute atomic E-state index is 0.00177. The van der Waals surface area contributed by atoms with Gasteiger partial charge in [-0.1, -0.05) is 64.2 Å². The molecular formula is C49H78N2O12. The lowest BCUT2D eigenvalue weighted by atomic mass is 9.80. The zero-order chi connectivity index (χ0) is 46.6. The number of fused-ring (bicyclic) bond motifs is 3. The number of hydrogen-bond acceptors (Lipinski definition) is 13. The number of aliphatic hydroxyl groups excluding tert-OH is 3. The van der Waals surface area contributed by atoms with Crippen LogP contribution in [0.1, 0.15) is 125 Å². The number of methoxy groups -OCH3 is 2. The molecule has 0 aromatic rings. The largest absolute Gasteiger partial charge is 0.459 e. The Bertz CT molecular complexity index is 1660. The number of piperidine rings is 1. The molecule has 2 bridgehead atoms. The van der Waals surface area contributed by atoms with Gasteiger partial charge in [-0.25, -0.2) is 4.79 Å². The number of Topliss-reactive ketones (excluding diaryl/α,β-unsaturated/α-hetero) is 2. The van der Waals surface area contributed by atoms with Crippen LogP contribution in [0.15, 0.2) is 47.6 Å². The van der Waals surface area contributed by atoms with Crippen molar-refractivity contribution in [3.63, 3.8) is 0 Å². The van der Waals surface area contributed by atoms with E-state index >= 15 is 0 Å². The van der Waals surface area contributed by atoms with Crippen LogP contribution in [0.4, 0.5) is 0 Å². The molecule has 14 heteroatoms. The zero-order valence-electron chi connectivity index (χ0n) is 39.0. The van der Waals surface area contributed by atoms with E-state index in [1.165, 1.54) is 4.90 Å². The average molecular weight is 887 g/mol. The molecule has 0 unspecified atom stereocenters. The predicted octanol–water partition coefficient (Wildman–Crippen LogP) is 5.04. The van der Waals surface area contributed by atoms with Gasteiger partial charge in [0, 0.05) is 45.1 Å². The molecule has 0 aromatic carbocycles. The molecule has 4 rings (SSSR count). The van der Waals surface area contributed by atoms with Crippen molar-refractivity contribution in [2.24, 2.45) is 35.3 Å². The maximum atomic E-state index is 14.3. The van der Waals surface area contributed by atoms with Gasteiger partial charge in [0.1, 0.15) is 24.4 Å². The van der Waals surface area contributed by atoms with Crippen molar-refractivity contribution in [1.82, 2.24) is 4.90 Å². The fraction of sp³-hybridized carbons (Fsp3) is 0.755. The van der Waals surface area contributed by atoms with Crippen LogP contribution in [0, 0.1) is 29.6 Å². The van der Waals surface area contributed by atoms with Crippen LogP contribution in [-0.4, -0.2) is 130 Å². The summed E-state index contributed by atoms with van der Waals surface area (Å²) in [4.78, 5) is 57.1. The summed E-state index contributed by atoms with van der Waals surface area (Å²) in [5.74, 6) is -6.94. The average Bonchev–Trinajstić information content (AvgIpc) is 3.26. The summed E-state index contributed by atoms with van der Waals surface area (Å²) >= 11 is 0. The first kappa shape index (κ1) is 52.5. The molecule has 1 aliphatic carbocycles. The van der Waals surface area contributed by atoms with Gasteiger partial charge in [0.05, 0.1) is 24.4 Å². The molecule has 1 amide bonds. The Kier molecular flexibility index (Phi) is 20.4. The number of rotatable bonds is 5. The van der Waals surface area contributed by atoms with Crippen molar-refractivity contribution < 1.29 is 58.6 Å². The molecule has 0 aromatic heterocycles. The first-order chi connectivity index (χ1) is 29.8. The van der Waals surface area contributed by atoms with E-state index in [4.69, 9.17) is 24.7 Å². The lowest BCUT2D eigenvalue weighted by molar-refractivity contribution is -0.265. The van der Waals surface area contributed by atoms with E-state index in [1.54, 1.807) is 41.1 Å². The highest BCUT2D eigenvalue weighted by atomic mass is 16.6. The number of ketones is 2. The number of carbonyl (C=O) groups excluding carboxylic acids is 4. The highest BCUT2D eigenvalue weighted by Gasteiger charge is 2.53. The van der Waals surface area contributed by atoms with Crippen molar-refractivity contribution in [2.45, 2.75) is 186 Å². The van der Waals surface area contributed by atoms with Crippen LogP contribution in [-0.2, 0) is 38.1 Å². The van der Waals surface area contributed by atoms with Gasteiger partial charge in [0.2, 0.25) is 5.79 Å². The molecule has 0 radical (unpaired) electrons.